The average Bonchev–Trinajstić information content (AvgIpc) is 2.77. The van der Waals surface area contributed by atoms with E-state index >= 15 is 0 Å². The summed E-state index contributed by atoms with van der Waals surface area (Å²) in [4.78, 5) is 14.8. The molecular weight excluding hydrogens is 378 g/mol. The van der Waals surface area contributed by atoms with Crippen LogP contribution in [-0.2, 0) is 6.54 Å². The lowest BCUT2D eigenvalue weighted by atomic mass is 9.84. The summed E-state index contributed by atoms with van der Waals surface area (Å²) in [5, 5.41) is 20.7. The SMILES string of the molecule is COc1ccc2c3c(cc(CN(CCO)CCO)c(-c4ccccc4)c13)C(=O)C=C2. The number of carbonyl (C=O) groups excluding carboxylic acids is 1. The number of carbonyl (C=O) groups is 1. The molecule has 3 aromatic rings. The van der Waals surface area contributed by atoms with Crippen LogP contribution in [0.4, 0.5) is 0 Å². The summed E-state index contributed by atoms with van der Waals surface area (Å²) >= 11 is 0. The Kier molecular flexibility index (Phi) is 5.95. The van der Waals surface area contributed by atoms with Gasteiger partial charge in [-0.3, -0.25) is 9.69 Å². The van der Waals surface area contributed by atoms with Crippen LogP contribution in [0, 0.1) is 0 Å². The van der Waals surface area contributed by atoms with Gasteiger partial charge in [-0.25, -0.2) is 0 Å². The molecule has 30 heavy (non-hydrogen) atoms. The van der Waals surface area contributed by atoms with Crippen molar-refractivity contribution in [2.75, 3.05) is 33.4 Å². The van der Waals surface area contributed by atoms with Crippen LogP contribution in [0.25, 0.3) is 28.0 Å². The fraction of sp³-hybridized carbons (Fsp3) is 0.240. The molecule has 1 aliphatic carbocycles. The zero-order valence-electron chi connectivity index (χ0n) is 17.0. The quantitative estimate of drug-likeness (QED) is 0.602. The van der Waals surface area contributed by atoms with Gasteiger partial charge < -0.3 is 14.9 Å². The van der Waals surface area contributed by atoms with Gasteiger partial charge in [0.25, 0.3) is 0 Å². The molecule has 0 aliphatic heterocycles. The van der Waals surface area contributed by atoms with Crippen LogP contribution in [-0.4, -0.2) is 54.3 Å². The van der Waals surface area contributed by atoms with Crippen LogP contribution >= 0.6 is 0 Å². The molecule has 0 atom stereocenters. The van der Waals surface area contributed by atoms with E-state index in [1.165, 1.54) is 0 Å². The molecule has 0 bridgehead atoms. The van der Waals surface area contributed by atoms with Crippen molar-refractivity contribution >= 4 is 22.6 Å². The van der Waals surface area contributed by atoms with Crippen molar-refractivity contribution in [2.45, 2.75) is 6.54 Å². The smallest absolute Gasteiger partial charge is 0.186 e. The monoisotopic (exact) mass is 403 g/mol. The van der Waals surface area contributed by atoms with Gasteiger partial charge in [0.2, 0.25) is 0 Å². The van der Waals surface area contributed by atoms with Gasteiger partial charge in [-0.2, -0.15) is 0 Å². The second-order valence-corrected chi connectivity index (χ2v) is 7.35. The third-order valence-corrected chi connectivity index (χ3v) is 5.55. The first-order chi connectivity index (χ1) is 14.7. The van der Waals surface area contributed by atoms with E-state index in [4.69, 9.17) is 4.74 Å². The molecule has 5 nitrogen and oxygen atoms in total. The van der Waals surface area contributed by atoms with Gasteiger partial charge in [0.1, 0.15) is 5.75 Å². The summed E-state index contributed by atoms with van der Waals surface area (Å²) in [6.45, 7) is 1.37. The standard InChI is InChI=1S/C25H25NO4/c1-30-22-10-8-18-7-9-21(29)20-15-19(16-26(11-13-27)12-14-28)23(25(22)24(18)20)17-5-3-2-4-6-17/h2-10,15,27-28H,11-14,16H2,1H3. The van der Waals surface area contributed by atoms with Crippen LogP contribution in [0.15, 0.2) is 54.6 Å². The van der Waals surface area contributed by atoms with Crippen molar-refractivity contribution < 1.29 is 19.7 Å². The number of ketones is 1. The lowest BCUT2D eigenvalue weighted by Crippen LogP contribution is -2.29. The molecule has 0 unspecified atom stereocenters. The van der Waals surface area contributed by atoms with Gasteiger partial charge in [0.05, 0.1) is 20.3 Å². The average molecular weight is 403 g/mol. The molecule has 0 saturated carbocycles. The van der Waals surface area contributed by atoms with E-state index in [0.29, 0.717) is 25.2 Å². The van der Waals surface area contributed by atoms with Gasteiger partial charge in [0, 0.05) is 36.0 Å². The van der Waals surface area contributed by atoms with Gasteiger partial charge in [-0.15, -0.1) is 0 Å². The Hall–Kier alpha value is -2.99. The molecule has 154 valence electrons. The summed E-state index contributed by atoms with van der Waals surface area (Å²) in [7, 11) is 1.64. The molecule has 1 aliphatic rings. The minimum Gasteiger partial charge on any atom is -0.496 e. The van der Waals surface area contributed by atoms with Crippen molar-refractivity contribution in [1.29, 1.82) is 0 Å². The molecule has 4 rings (SSSR count). The molecule has 0 spiro atoms. The molecule has 3 aromatic carbocycles. The van der Waals surface area contributed by atoms with Crippen LogP contribution in [0.2, 0.25) is 0 Å². The second-order valence-electron chi connectivity index (χ2n) is 7.35. The van der Waals surface area contributed by atoms with E-state index in [2.05, 4.69) is 12.1 Å². The summed E-state index contributed by atoms with van der Waals surface area (Å²) in [5.41, 5.74) is 4.65. The number of ether oxygens (including phenoxy) is 1. The van der Waals surface area contributed by atoms with Crippen LogP contribution in [0.1, 0.15) is 21.5 Å². The number of allylic oxidation sites excluding steroid dienone is 1. The molecule has 0 amide bonds. The van der Waals surface area contributed by atoms with E-state index in [9.17, 15) is 15.0 Å². The normalized spacial score (nSPS) is 12.7. The Bertz CT molecular complexity index is 1100. The van der Waals surface area contributed by atoms with Gasteiger partial charge in [-0.1, -0.05) is 42.5 Å². The van der Waals surface area contributed by atoms with Crippen molar-refractivity contribution in [2.24, 2.45) is 0 Å². The number of nitrogens with zero attached hydrogens (tertiary/aromatic N) is 1. The lowest BCUT2D eigenvalue weighted by Gasteiger charge is -2.25. The molecule has 0 heterocycles. The zero-order chi connectivity index (χ0) is 21.1. The lowest BCUT2D eigenvalue weighted by molar-refractivity contribution is 0.104. The first-order valence-corrected chi connectivity index (χ1v) is 10.1. The molecule has 0 radical (unpaired) electrons. The second kappa shape index (κ2) is 8.79. The first kappa shape index (κ1) is 20.3. The molecule has 0 saturated heterocycles. The van der Waals surface area contributed by atoms with E-state index in [1.54, 1.807) is 13.2 Å². The Labute approximate surface area is 175 Å². The van der Waals surface area contributed by atoms with Gasteiger partial charge in [0.15, 0.2) is 5.78 Å². The number of rotatable bonds is 8. The van der Waals surface area contributed by atoms with Crippen molar-refractivity contribution in [3.8, 4) is 16.9 Å². The Morgan fingerprint density at radius 3 is 2.33 bits per heavy atom. The topological polar surface area (TPSA) is 70.0 Å². The Morgan fingerprint density at radius 2 is 1.67 bits per heavy atom. The summed E-state index contributed by atoms with van der Waals surface area (Å²) < 4.78 is 5.73. The molecule has 0 fully saturated rings. The number of aliphatic hydroxyl groups is 2. The van der Waals surface area contributed by atoms with E-state index < -0.39 is 0 Å². The molecule has 0 aromatic heterocycles. The highest BCUT2D eigenvalue weighted by atomic mass is 16.5. The summed E-state index contributed by atoms with van der Waals surface area (Å²) in [5.74, 6) is 0.687. The third-order valence-electron chi connectivity index (χ3n) is 5.55. The minimum atomic E-state index is -0.0301. The Balaban J connectivity index is 2.05. The van der Waals surface area contributed by atoms with Crippen LogP contribution < -0.4 is 4.74 Å². The third kappa shape index (κ3) is 3.63. The predicted octanol–water partition coefficient (Wildman–Crippen LogP) is 3.51. The highest BCUT2D eigenvalue weighted by molar-refractivity contribution is 6.23. The van der Waals surface area contributed by atoms with E-state index in [1.807, 2.05) is 47.4 Å². The zero-order valence-corrected chi connectivity index (χ0v) is 17.0. The molecule has 5 heteroatoms. The summed E-state index contributed by atoms with van der Waals surface area (Å²) in [6, 6.07) is 15.9. The fourth-order valence-electron chi connectivity index (χ4n) is 4.23. The maximum Gasteiger partial charge on any atom is 0.186 e. The van der Waals surface area contributed by atoms with Crippen LogP contribution in [0.5, 0.6) is 5.75 Å². The molecular formula is C25H25NO4. The van der Waals surface area contributed by atoms with E-state index in [-0.39, 0.29) is 19.0 Å². The number of methoxy groups -OCH3 is 1. The van der Waals surface area contributed by atoms with Gasteiger partial charge in [-0.05, 0) is 40.5 Å². The highest BCUT2D eigenvalue weighted by Crippen LogP contribution is 2.43. The highest BCUT2D eigenvalue weighted by Gasteiger charge is 2.24. The van der Waals surface area contributed by atoms with Gasteiger partial charge >= 0.3 is 0 Å². The first-order valence-electron chi connectivity index (χ1n) is 10.1. The number of hydrogen-bond acceptors (Lipinski definition) is 5. The largest absolute Gasteiger partial charge is 0.496 e. The predicted molar refractivity (Wildman–Crippen MR) is 119 cm³/mol. The van der Waals surface area contributed by atoms with Crippen LogP contribution in [0.3, 0.4) is 0 Å². The van der Waals surface area contributed by atoms with Crippen molar-refractivity contribution in [3.63, 3.8) is 0 Å². The maximum atomic E-state index is 12.8. The van der Waals surface area contributed by atoms with E-state index in [0.717, 1.165) is 38.8 Å². The van der Waals surface area contributed by atoms with Crippen molar-refractivity contribution in [1.82, 2.24) is 4.90 Å². The Morgan fingerprint density at radius 1 is 0.933 bits per heavy atom. The molecule has 2 N–H and O–H groups in total. The number of hydrogen-bond donors (Lipinski definition) is 2. The minimum absolute atomic E-state index is 0.00372. The number of aliphatic hydroxyl groups excluding tert-OH is 2. The van der Waals surface area contributed by atoms with Crippen molar-refractivity contribution in [3.05, 3.63) is 71.3 Å². The number of benzene rings is 3. The fourth-order valence-corrected chi connectivity index (χ4v) is 4.23. The maximum absolute atomic E-state index is 12.8. The summed E-state index contributed by atoms with van der Waals surface area (Å²) in [6.07, 6.45) is 3.46.